The lowest BCUT2D eigenvalue weighted by Crippen LogP contribution is -2.06. The van der Waals surface area contributed by atoms with E-state index >= 15 is 0 Å². The lowest BCUT2D eigenvalue weighted by atomic mass is 10.2. The van der Waals surface area contributed by atoms with Gasteiger partial charge in [-0.05, 0) is 13.3 Å². The third-order valence-electron chi connectivity index (χ3n) is 1.57. The van der Waals surface area contributed by atoms with E-state index in [1.54, 1.807) is 17.1 Å². The minimum absolute atomic E-state index is 0.179. The Bertz CT molecular complexity index is 224. The highest BCUT2D eigenvalue weighted by molar-refractivity contribution is 6.30. The summed E-state index contributed by atoms with van der Waals surface area (Å²) in [5, 5.41) is 13.3. The molecule has 1 atom stereocenters. The van der Waals surface area contributed by atoms with Crippen LogP contribution in [0.4, 0.5) is 0 Å². The van der Waals surface area contributed by atoms with E-state index in [2.05, 4.69) is 5.10 Å². The van der Waals surface area contributed by atoms with Crippen molar-refractivity contribution >= 4 is 11.6 Å². The molecular weight excluding hydrogens is 164 g/mol. The zero-order valence-electron chi connectivity index (χ0n) is 6.37. The third-order valence-corrected chi connectivity index (χ3v) is 1.76. The maximum Gasteiger partial charge on any atom is 0.0785 e. The molecule has 1 rings (SSSR count). The molecular formula is C7H11ClN2O. The summed E-state index contributed by atoms with van der Waals surface area (Å²) in [5.74, 6) is 0. The summed E-state index contributed by atoms with van der Waals surface area (Å²) in [5.41, 5.74) is 0. The Balaban J connectivity index is 2.60. The lowest BCUT2D eigenvalue weighted by molar-refractivity contribution is 0.257. The normalized spacial score (nSPS) is 13.4. The van der Waals surface area contributed by atoms with Crippen LogP contribution in [0.2, 0.25) is 5.02 Å². The van der Waals surface area contributed by atoms with Gasteiger partial charge in [0.2, 0.25) is 0 Å². The maximum atomic E-state index is 8.63. The molecule has 62 valence electrons. The molecule has 4 heteroatoms. The Kier molecular flexibility index (Phi) is 2.91. The van der Waals surface area contributed by atoms with Crippen molar-refractivity contribution in [3.63, 3.8) is 0 Å². The fourth-order valence-electron chi connectivity index (χ4n) is 0.875. The summed E-state index contributed by atoms with van der Waals surface area (Å²) in [7, 11) is 0. The quantitative estimate of drug-likeness (QED) is 0.754. The third kappa shape index (κ3) is 2.20. The summed E-state index contributed by atoms with van der Waals surface area (Å²) in [6.45, 7) is 2.16. The van der Waals surface area contributed by atoms with E-state index in [4.69, 9.17) is 16.7 Å². The van der Waals surface area contributed by atoms with Gasteiger partial charge in [0.1, 0.15) is 0 Å². The molecule has 0 saturated carbocycles. The molecule has 0 radical (unpaired) electrons. The van der Waals surface area contributed by atoms with Gasteiger partial charge in [-0.1, -0.05) is 11.6 Å². The van der Waals surface area contributed by atoms with Gasteiger partial charge in [-0.2, -0.15) is 5.10 Å². The van der Waals surface area contributed by atoms with Crippen LogP contribution in [0.5, 0.6) is 0 Å². The van der Waals surface area contributed by atoms with Gasteiger partial charge in [0.15, 0.2) is 0 Å². The van der Waals surface area contributed by atoms with E-state index < -0.39 is 0 Å². The Hall–Kier alpha value is -0.540. The molecule has 1 aromatic heterocycles. The van der Waals surface area contributed by atoms with E-state index in [0.29, 0.717) is 11.4 Å². The minimum Gasteiger partial charge on any atom is -0.396 e. The molecule has 0 aliphatic carbocycles. The molecule has 0 bridgehead atoms. The molecule has 1 unspecified atom stereocenters. The first-order valence-corrected chi connectivity index (χ1v) is 3.92. The molecule has 0 saturated heterocycles. The summed E-state index contributed by atoms with van der Waals surface area (Å²) in [6, 6.07) is 0.215. The molecule has 1 heterocycles. The number of hydrogen-bond donors (Lipinski definition) is 1. The number of aliphatic hydroxyl groups is 1. The Morgan fingerprint density at radius 3 is 3.00 bits per heavy atom. The van der Waals surface area contributed by atoms with Crippen molar-refractivity contribution in [3.05, 3.63) is 17.4 Å². The van der Waals surface area contributed by atoms with Gasteiger partial charge in [0.25, 0.3) is 0 Å². The van der Waals surface area contributed by atoms with Crippen molar-refractivity contribution in [2.45, 2.75) is 19.4 Å². The standard InChI is InChI=1S/C7H11ClN2O/c1-6(2-3-11)10-5-7(8)4-9-10/h4-6,11H,2-3H2,1H3. The molecule has 1 N–H and O–H groups in total. The molecule has 0 amide bonds. The molecule has 0 aromatic carbocycles. The van der Waals surface area contributed by atoms with Crippen molar-refractivity contribution in [2.75, 3.05) is 6.61 Å². The zero-order chi connectivity index (χ0) is 8.27. The van der Waals surface area contributed by atoms with Gasteiger partial charge in [0, 0.05) is 12.8 Å². The second kappa shape index (κ2) is 3.74. The van der Waals surface area contributed by atoms with Crippen LogP contribution in [0.25, 0.3) is 0 Å². The first kappa shape index (κ1) is 8.56. The highest BCUT2D eigenvalue weighted by Gasteiger charge is 2.03. The Morgan fingerprint density at radius 1 is 1.82 bits per heavy atom. The van der Waals surface area contributed by atoms with Gasteiger partial charge >= 0.3 is 0 Å². The van der Waals surface area contributed by atoms with Gasteiger partial charge in [-0.15, -0.1) is 0 Å². The van der Waals surface area contributed by atoms with Crippen LogP contribution in [0.3, 0.4) is 0 Å². The largest absolute Gasteiger partial charge is 0.396 e. The van der Waals surface area contributed by atoms with Crippen molar-refractivity contribution in [1.82, 2.24) is 9.78 Å². The van der Waals surface area contributed by atoms with Gasteiger partial charge < -0.3 is 5.11 Å². The molecule has 1 aromatic rings. The minimum atomic E-state index is 0.179. The number of aliphatic hydroxyl groups excluding tert-OH is 1. The topological polar surface area (TPSA) is 38.0 Å². The summed E-state index contributed by atoms with van der Waals surface area (Å²) >= 11 is 5.66. The first-order chi connectivity index (χ1) is 5.24. The summed E-state index contributed by atoms with van der Waals surface area (Å²) in [4.78, 5) is 0. The van der Waals surface area contributed by atoms with Crippen LogP contribution in [-0.2, 0) is 0 Å². The average Bonchev–Trinajstić information content (AvgIpc) is 2.36. The number of aromatic nitrogens is 2. The van der Waals surface area contributed by atoms with Crippen LogP contribution in [0.1, 0.15) is 19.4 Å². The molecule has 0 aliphatic heterocycles. The smallest absolute Gasteiger partial charge is 0.0785 e. The lowest BCUT2D eigenvalue weighted by Gasteiger charge is -2.08. The van der Waals surface area contributed by atoms with Crippen LogP contribution < -0.4 is 0 Å². The fraction of sp³-hybridized carbons (Fsp3) is 0.571. The van der Waals surface area contributed by atoms with Crippen LogP contribution >= 0.6 is 11.6 Å². The van der Waals surface area contributed by atoms with Gasteiger partial charge in [0.05, 0.1) is 17.3 Å². The highest BCUT2D eigenvalue weighted by atomic mass is 35.5. The van der Waals surface area contributed by atoms with Crippen LogP contribution in [0.15, 0.2) is 12.4 Å². The van der Waals surface area contributed by atoms with E-state index in [1.165, 1.54) is 0 Å². The predicted octanol–water partition coefficient (Wildman–Crippen LogP) is 1.48. The monoisotopic (exact) mass is 174 g/mol. The van der Waals surface area contributed by atoms with Gasteiger partial charge in [-0.25, -0.2) is 0 Å². The summed E-state index contributed by atoms with van der Waals surface area (Å²) in [6.07, 6.45) is 4.05. The van der Waals surface area contributed by atoms with Gasteiger partial charge in [-0.3, -0.25) is 4.68 Å². The van der Waals surface area contributed by atoms with E-state index in [1.807, 2.05) is 6.92 Å². The maximum absolute atomic E-state index is 8.63. The van der Waals surface area contributed by atoms with Crippen LogP contribution in [-0.4, -0.2) is 21.5 Å². The molecule has 0 aliphatic rings. The van der Waals surface area contributed by atoms with Crippen LogP contribution in [0, 0.1) is 0 Å². The van der Waals surface area contributed by atoms with Crippen molar-refractivity contribution in [3.8, 4) is 0 Å². The Labute approximate surface area is 70.6 Å². The Morgan fingerprint density at radius 2 is 2.55 bits per heavy atom. The number of halogens is 1. The average molecular weight is 175 g/mol. The SMILES string of the molecule is CC(CCO)n1cc(Cl)cn1. The number of nitrogens with zero attached hydrogens (tertiary/aromatic N) is 2. The highest BCUT2D eigenvalue weighted by Crippen LogP contribution is 2.12. The second-order valence-electron chi connectivity index (χ2n) is 2.50. The molecule has 0 fully saturated rings. The van der Waals surface area contributed by atoms with Crippen molar-refractivity contribution < 1.29 is 5.11 Å². The number of rotatable bonds is 3. The van der Waals surface area contributed by atoms with Crippen molar-refractivity contribution in [2.24, 2.45) is 0 Å². The fourth-order valence-corrected chi connectivity index (χ4v) is 1.02. The number of hydrogen-bond acceptors (Lipinski definition) is 2. The molecule has 11 heavy (non-hydrogen) atoms. The second-order valence-corrected chi connectivity index (χ2v) is 2.94. The molecule has 0 spiro atoms. The molecule has 3 nitrogen and oxygen atoms in total. The van der Waals surface area contributed by atoms with E-state index in [0.717, 1.165) is 0 Å². The van der Waals surface area contributed by atoms with E-state index in [9.17, 15) is 0 Å². The van der Waals surface area contributed by atoms with E-state index in [-0.39, 0.29) is 12.6 Å². The zero-order valence-corrected chi connectivity index (χ0v) is 7.12. The van der Waals surface area contributed by atoms with Crippen molar-refractivity contribution in [1.29, 1.82) is 0 Å². The first-order valence-electron chi connectivity index (χ1n) is 3.54. The summed E-state index contributed by atoms with van der Waals surface area (Å²) < 4.78 is 1.75. The predicted molar refractivity (Wildman–Crippen MR) is 43.7 cm³/mol.